The summed E-state index contributed by atoms with van der Waals surface area (Å²) in [5, 5.41) is 8.02. The number of aromatic nitrogens is 4. The van der Waals surface area contributed by atoms with Gasteiger partial charge in [0.2, 0.25) is 5.65 Å². The van der Waals surface area contributed by atoms with Crippen LogP contribution in [0.25, 0.3) is 22.7 Å². The van der Waals surface area contributed by atoms with Crippen LogP contribution in [0.15, 0.2) is 65.7 Å². The molecule has 0 amide bonds. The van der Waals surface area contributed by atoms with Gasteiger partial charge in [0, 0.05) is 23.6 Å². The fourth-order valence-corrected chi connectivity index (χ4v) is 2.66. The highest BCUT2D eigenvalue weighted by Crippen LogP contribution is 2.19. The Morgan fingerprint density at radius 1 is 1.04 bits per heavy atom. The van der Waals surface area contributed by atoms with Crippen LogP contribution in [0, 0.1) is 5.82 Å². The molecule has 0 saturated carbocycles. The van der Waals surface area contributed by atoms with E-state index in [0.29, 0.717) is 22.8 Å². The van der Waals surface area contributed by atoms with Gasteiger partial charge in [-0.15, -0.1) is 10.2 Å². The lowest BCUT2D eigenvalue weighted by atomic mass is 10.2. The first-order valence-corrected chi connectivity index (χ1v) is 7.54. The molecule has 25 heavy (non-hydrogen) atoms. The molecule has 0 aliphatic heterocycles. The van der Waals surface area contributed by atoms with Crippen LogP contribution in [0.1, 0.15) is 0 Å². The van der Waals surface area contributed by atoms with Crippen molar-refractivity contribution in [1.29, 1.82) is 0 Å². The lowest BCUT2D eigenvalue weighted by Gasteiger charge is -2.07. The monoisotopic (exact) mass is 336 g/mol. The first-order chi connectivity index (χ1) is 12.2. The number of nitrogens with zero attached hydrogens (tertiary/aromatic N) is 4. The fraction of sp³-hybridized carbons (Fsp3) is 0.0556. The summed E-state index contributed by atoms with van der Waals surface area (Å²) in [5.41, 5.74) is 1.08. The second kappa shape index (κ2) is 5.86. The van der Waals surface area contributed by atoms with Crippen molar-refractivity contribution >= 4 is 5.65 Å². The van der Waals surface area contributed by atoms with E-state index in [2.05, 4.69) is 10.2 Å². The van der Waals surface area contributed by atoms with Gasteiger partial charge in [0.15, 0.2) is 5.82 Å². The molecule has 124 valence electrons. The van der Waals surface area contributed by atoms with Crippen LogP contribution >= 0.6 is 0 Å². The van der Waals surface area contributed by atoms with Crippen LogP contribution in [0.3, 0.4) is 0 Å². The molecule has 0 unspecified atom stereocenters. The highest BCUT2D eigenvalue weighted by atomic mass is 19.1. The van der Waals surface area contributed by atoms with E-state index in [1.165, 1.54) is 16.7 Å². The average Bonchev–Trinajstić information content (AvgIpc) is 3.07. The van der Waals surface area contributed by atoms with E-state index >= 15 is 0 Å². The summed E-state index contributed by atoms with van der Waals surface area (Å²) in [6.07, 6.45) is 3.31. The zero-order valence-corrected chi connectivity index (χ0v) is 13.3. The van der Waals surface area contributed by atoms with Gasteiger partial charge in [-0.05, 0) is 36.4 Å². The molecule has 0 saturated heterocycles. The summed E-state index contributed by atoms with van der Waals surface area (Å²) in [6, 6.07) is 13.1. The summed E-state index contributed by atoms with van der Waals surface area (Å²) in [6.45, 7) is 0. The van der Waals surface area contributed by atoms with E-state index in [1.807, 2.05) is 0 Å². The Kier molecular flexibility index (Phi) is 3.53. The number of rotatable bonds is 3. The molecule has 0 N–H and O–H groups in total. The zero-order chi connectivity index (χ0) is 17.4. The molecule has 4 aromatic rings. The van der Waals surface area contributed by atoms with Gasteiger partial charge in [-0.2, -0.15) is 0 Å². The maximum atomic E-state index is 13.5. The molecule has 0 aliphatic rings. The highest BCUT2D eigenvalue weighted by Gasteiger charge is 2.13. The van der Waals surface area contributed by atoms with Crippen molar-refractivity contribution in [2.75, 3.05) is 7.11 Å². The first kappa shape index (κ1) is 15.1. The van der Waals surface area contributed by atoms with Crippen LogP contribution in [0.2, 0.25) is 0 Å². The minimum Gasteiger partial charge on any atom is -0.497 e. The molecule has 0 bridgehead atoms. The topological polar surface area (TPSA) is 61.4 Å². The number of methoxy groups -OCH3 is 1. The molecule has 0 fully saturated rings. The van der Waals surface area contributed by atoms with Crippen LogP contribution in [-0.4, -0.2) is 26.3 Å². The minimum atomic E-state index is -0.374. The third kappa shape index (κ3) is 2.55. The Hall–Kier alpha value is -3.48. The Morgan fingerprint density at radius 3 is 2.56 bits per heavy atom. The molecule has 2 aromatic carbocycles. The molecule has 6 nitrogen and oxygen atoms in total. The third-order valence-electron chi connectivity index (χ3n) is 3.90. The number of hydrogen-bond acceptors (Lipinski definition) is 4. The van der Waals surface area contributed by atoms with Crippen molar-refractivity contribution in [3.63, 3.8) is 0 Å². The quantitative estimate of drug-likeness (QED) is 0.577. The van der Waals surface area contributed by atoms with Crippen LogP contribution in [0.5, 0.6) is 5.75 Å². The predicted octanol–water partition coefficient (Wildman–Crippen LogP) is 2.69. The predicted molar refractivity (Wildman–Crippen MR) is 90.5 cm³/mol. The first-order valence-electron chi connectivity index (χ1n) is 7.54. The lowest BCUT2D eigenvalue weighted by molar-refractivity contribution is 0.414. The summed E-state index contributed by atoms with van der Waals surface area (Å²) in [7, 11) is 1.58. The van der Waals surface area contributed by atoms with Gasteiger partial charge in [-0.25, -0.2) is 4.39 Å². The van der Waals surface area contributed by atoms with Crippen molar-refractivity contribution in [3.05, 3.63) is 77.1 Å². The molecule has 0 atom stereocenters. The van der Waals surface area contributed by atoms with Gasteiger partial charge in [-0.3, -0.25) is 13.8 Å². The number of halogens is 1. The standard InChI is InChI=1S/C18H13FN4O2/c1-25-15-7-5-14(6-8-15)22-9-10-23-16(20-21-17(23)18(22)24)12-3-2-4-13(19)11-12/h2-11H,1H3. The SMILES string of the molecule is COc1ccc(-n2ccn3c(-c4cccc(F)c4)nnc3c2=O)cc1. The summed E-state index contributed by atoms with van der Waals surface area (Å²) >= 11 is 0. The normalized spacial score (nSPS) is 11.0. The molecular weight excluding hydrogens is 323 g/mol. The second-order valence-corrected chi connectivity index (χ2v) is 5.40. The molecule has 0 aliphatic carbocycles. The van der Waals surface area contributed by atoms with E-state index in [4.69, 9.17) is 4.74 Å². The van der Waals surface area contributed by atoms with Crippen molar-refractivity contribution in [2.24, 2.45) is 0 Å². The number of fused-ring (bicyclic) bond motifs is 1. The van der Waals surface area contributed by atoms with Gasteiger partial charge in [0.05, 0.1) is 7.11 Å². The Balaban J connectivity index is 1.85. The van der Waals surface area contributed by atoms with Crippen LogP contribution in [0.4, 0.5) is 4.39 Å². The maximum Gasteiger partial charge on any atom is 0.300 e. The van der Waals surface area contributed by atoms with E-state index in [0.717, 1.165) is 0 Å². The molecule has 2 aromatic heterocycles. The smallest absolute Gasteiger partial charge is 0.300 e. The highest BCUT2D eigenvalue weighted by molar-refractivity contribution is 5.59. The average molecular weight is 336 g/mol. The minimum absolute atomic E-state index is 0.164. The van der Waals surface area contributed by atoms with E-state index in [-0.39, 0.29) is 17.0 Å². The summed E-state index contributed by atoms with van der Waals surface area (Å²) in [5.74, 6) is 0.739. The lowest BCUT2D eigenvalue weighted by Crippen LogP contribution is -2.20. The van der Waals surface area contributed by atoms with Crippen molar-refractivity contribution < 1.29 is 9.13 Å². The Labute approximate surface area is 141 Å². The Bertz CT molecular complexity index is 1120. The fourth-order valence-electron chi connectivity index (χ4n) is 2.66. The second-order valence-electron chi connectivity index (χ2n) is 5.40. The third-order valence-corrected chi connectivity index (χ3v) is 3.90. The van der Waals surface area contributed by atoms with Crippen molar-refractivity contribution in [3.8, 4) is 22.8 Å². The number of benzene rings is 2. The van der Waals surface area contributed by atoms with Crippen molar-refractivity contribution in [1.82, 2.24) is 19.2 Å². The van der Waals surface area contributed by atoms with E-state index < -0.39 is 0 Å². The van der Waals surface area contributed by atoms with E-state index in [9.17, 15) is 9.18 Å². The summed E-state index contributed by atoms with van der Waals surface area (Å²) in [4.78, 5) is 12.7. The maximum absolute atomic E-state index is 13.5. The Morgan fingerprint density at radius 2 is 1.84 bits per heavy atom. The van der Waals surface area contributed by atoms with E-state index in [1.54, 1.807) is 60.3 Å². The van der Waals surface area contributed by atoms with Gasteiger partial charge in [-0.1, -0.05) is 12.1 Å². The molecule has 0 spiro atoms. The van der Waals surface area contributed by atoms with Crippen LogP contribution in [-0.2, 0) is 0 Å². The molecular formula is C18H13FN4O2. The van der Waals surface area contributed by atoms with Gasteiger partial charge in [0.25, 0.3) is 0 Å². The largest absolute Gasteiger partial charge is 0.497 e. The molecule has 4 rings (SSSR count). The molecule has 0 radical (unpaired) electrons. The summed E-state index contributed by atoms with van der Waals surface area (Å²) < 4.78 is 21.6. The van der Waals surface area contributed by atoms with Crippen molar-refractivity contribution in [2.45, 2.75) is 0 Å². The van der Waals surface area contributed by atoms with Gasteiger partial charge < -0.3 is 4.74 Å². The van der Waals surface area contributed by atoms with Gasteiger partial charge >= 0.3 is 5.56 Å². The van der Waals surface area contributed by atoms with Gasteiger partial charge in [0.1, 0.15) is 11.6 Å². The molecule has 7 heteroatoms. The van der Waals surface area contributed by atoms with Crippen LogP contribution < -0.4 is 10.3 Å². The zero-order valence-electron chi connectivity index (χ0n) is 13.3. The number of ether oxygens (including phenoxy) is 1. The molecule has 2 heterocycles. The number of hydrogen-bond donors (Lipinski definition) is 0.